The van der Waals surface area contributed by atoms with E-state index in [0.717, 1.165) is 27.0 Å². The molecule has 1 aliphatic heterocycles. The Kier molecular flexibility index (Phi) is 4.48. The molecule has 5 heteroatoms. The maximum absolute atomic E-state index is 12.3. The average molecular weight is 373 g/mol. The summed E-state index contributed by atoms with van der Waals surface area (Å²) in [5, 5.41) is 2.85. The van der Waals surface area contributed by atoms with Gasteiger partial charge in [0.1, 0.15) is 6.54 Å². The molecule has 1 heterocycles. The molecule has 0 atom stereocenters. The second kappa shape index (κ2) is 6.54. The summed E-state index contributed by atoms with van der Waals surface area (Å²) in [5.74, 6) is -0.209. The number of anilines is 2. The van der Waals surface area contributed by atoms with E-state index in [0.29, 0.717) is 12.8 Å². The molecule has 2 aromatic rings. The van der Waals surface area contributed by atoms with Crippen molar-refractivity contribution in [3.05, 3.63) is 58.1 Å². The lowest BCUT2D eigenvalue weighted by atomic mass is 10.0. The van der Waals surface area contributed by atoms with E-state index in [1.165, 1.54) is 0 Å². The van der Waals surface area contributed by atoms with Crippen molar-refractivity contribution in [3.63, 3.8) is 0 Å². The first-order valence-electron chi connectivity index (χ1n) is 7.48. The van der Waals surface area contributed by atoms with Crippen LogP contribution in [0.1, 0.15) is 17.5 Å². The number of hydrogen-bond donors (Lipinski definition) is 1. The number of nitrogens with one attached hydrogen (secondary N) is 1. The molecule has 1 N–H and O–H groups in total. The summed E-state index contributed by atoms with van der Waals surface area (Å²) in [6.07, 6.45) is 1.14. The summed E-state index contributed by atoms with van der Waals surface area (Å²) in [6, 6.07) is 13.4. The second-order valence-corrected chi connectivity index (χ2v) is 6.59. The number of carbonyl (C=O) groups is 2. The molecular weight excluding hydrogens is 356 g/mol. The fraction of sp³-hybridized carbons (Fsp3) is 0.222. The zero-order chi connectivity index (χ0) is 16.4. The minimum atomic E-state index is -0.195. The van der Waals surface area contributed by atoms with E-state index >= 15 is 0 Å². The molecule has 0 fully saturated rings. The van der Waals surface area contributed by atoms with Crippen LogP contribution in [-0.2, 0) is 16.0 Å². The van der Waals surface area contributed by atoms with Gasteiger partial charge >= 0.3 is 0 Å². The van der Waals surface area contributed by atoms with Crippen LogP contribution in [0.2, 0.25) is 0 Å². The molecule has 23 heavy (non-hydrogen) atoms. The van der Waals surface area contributed by atoms with Crippen LogP contribution >= 0.6 is 15.9 Å². The van der Waals surface area contributed by atoms with E-state index in [4.69, 9.17) is 0 Å². The molecule has 0 radical (unpaired) electrons. The number of benzene rings is 2. The van der Waals surface area contributed by atoms with Crippen molar-refractivity contribution in [1.82, 2.24) is 0 Å². The third-order valence-electron chi connectivity index (χ3n) is 3.85. The van der Waals surface area contributed by atoms with Gasteiger partial charge in [0.2, 0.25) is 11.8 Å². The monoisotopic (exact) mass is 372 g/mol. The van der Waals surface area contributed by atoms with Crippen LogP contribution in [0.15, 0.2) is 46.9 Å². The van der Waals surface area contributed by atoms with Crippen LogP contribution in [0.25, 0.3) is 0 Å². The Labute approximate surface area is 143 Å². The summed E-state index contributed by atoms with van der Waals surface area (Å²) >= 11 is 3.44. The van der Waals surface area contributed by atoms with Crippen molar-refractivity contribution < 1.29 is 9.59 Å². The highest BCUT2D eigenvalue weighted by molar-refractivity contribution is 9.10. The summed E-state index contributed by atoms with van der Waals surface area (Å²) in [7, 11) is 0. The summed E-state index contributed by atoms with van der Waals surface area (Å²) in [4.78, 5) is 26.1. The third-order valence-corrected chi connectivity index (χ3v) is 4.34. The van der Waals surface area contributed by atoms with E-state index in [1.54, 1.807) is 4.90 Å². The van der Waals surface area contributed by atoms with Crippen LogP contribution in [0, 0.1) is 6.92 Å². The van der Waals surface area contributed by atoms with Gasteiger partial charge in [-0.15, -0.1) is 0 Å². The smallest absolute Gasteiger partial charge is 0.244 e. The third kappa shape index (κ3) is 3.62. The summed E-state index contributed by atoms with van der Waals surface area (Å²) < 4.78 is 0.981. The van der Waals surface area contributed by atoms with Gasteiger partial charge in [0.05, 0.1) is 0 Å². The molecule has 3 rings (SSSR count). The van der Waals surface area contributed by atoms with Crippen molar-refractivity contribution in [1.29, 1.82) is 0 Å². The Morgan fingerprint density at radius 1 is 1.22 bits per heavy atom. The quantitative estimate of drug-likeness (QED) is 0.893. The van der Waals surface area contributed by atoms with Gasteiger partial charge in [-0.2, -0.15) is 0 Å². The van der Waals surface area contributed by atoms with Crippen molar-refractivity contribution in [2.75, 3.05) is 16.8 Å². The maximum Gasteiger partial charge on any atom is 0.244 e. The van der Waals surface area contributed by atoms with Gasteiger partial charge in [-0.05, 0) is 54.8 Å². The van der Waals surface area contributed by atoms with Gasteiger partial charge in [0.25, 0.3) is 0 Å². The predicted molar refractivity (Wildman–Crippen MR) is 94.6 cm³/mol. The molecule has 2 aromatic carbocycles. The maximum atomic E-state index is 12.3. The van der Waals surface area contributed by atoms with E-state index in [1.807, 2.05) is 49.4 Å². The molecule has 0 bridgehead atoms. The lowest BCUT2D eigenvalue weighted by Crippen LogP contribution is -2.40. The molecule has 0 saturated carbocycles. The summed E-state index contributed by atoms with van der Waals surface area (Å²) in [6.45, 7) is 2.00. The Hall–Kier alpha value is -2.14. The molecule has 0 spiro atoms. The van der Waals surface area contributed by atoms with Crippen LogP contribution in [0.3, 0.4) is 0 Å². The normalized spacial score (nSPS) is 13.7. The Bertz CT molecular complexity index is 773. The lowest BCUT2D eigenvalue weighted by molar-refractivity contribution is -0.121. The predicted octanol–water partition coefficient (Wildman–Crippen LogP) is 3.68. The molecule has 2 amide bonds. The highest BCUT2D eigenvalue weighted by atomic mass is 79.9. The Morgan fingerprint density at radius 2 is 2.04 bits per heavy atom. The second-order valence-electron chi connectivity index (χ2n) is 5.67. The first kappa shape index (κ1) is 15.7. The first-order chi connectivity index (χ1) is 11.0. The largest absolute Gasteiger partial charge is 0.325 e. The zero-order valence-corrected chi connectivity index (χ0v) is 14.4. The number of fused-ring (bicyclic) bond motifs is 1. The fourth-order valence-corrected chi connectivity index (χ4v) is 3.18. The first-order valence-corrected chi connectivity index (χ1v) is 8.27. The van der Waals surface area contributed by atoms with E-state index in [-0.39, 0.29) is 18.4 Å². The van der Waals surface area contributed by atoms with Crippen LogP contribution < -0.4 is 10.2 Å². The van der Waals surface area contributed by atoms with Gasteiger partial charge in [-0.3, -0.25) is 9.59 Å². The topological polar surface area (TPSA) is 49.4 Å². The zero-order valence-electron chi connectivity index (χ0n) is 12.8. The number of nitrogens with zero attached hydrogens (tertiary/aromatic N) is 1. The number of hydrogen-bond acceptors (Lipinski definition) is 2. The van der Waals surface area contributed by atoms with E-state index in [9.17, 15) is 9.59 Å². The van der Waals surface area contributed by atoms with Gasteiger partial charge in [-0.25, -0.2) is 0 Å². The number of amides is 2. The van der Waals surface area contributed by atoms with Crippen molar-refractivity contribution in [2.24, 2.45) is 0 Å². The lowest BCUT2D eigenvalue weighted by Gasteiger charge is -2.29. The van der Waals surface area contributed by atoms with Crippen LogP contribution in [-0.4, -0.2) is 18.4 Å². The molecule has 1 aliphatic rings. The molecule has 4 nitrogen and oxygen atoms in total. The number of halogens is 1. The van der Waals surface area contributed by atoms with E-state index < -0.39 is 0 Å². The molecule has 0 aliphatic carbocycles. The van der Waals surface area contributed by atoms with Gasteiger partial charge in [0, 0.05) is 22.3 Å². The van der Waals surface area contributed by atoms with Gasteiger partial charge < -0.3 is 10.2 Å². The minimum Gasteiger partial charge on any atom is -0.325 e. The highest BCUT2D eigenvalue weighted by Crippen LogP contribution is 2.30. The van der Waals surface area contributed by atoms with Crippen molar-refractivity contribution in [2.45, 2.75) is 19.8 Å². The minimum absolute atomic E-state index is 0.0146. The number of carbonyl (C=O) groups excluding carboxylic acids is 2. The molecular formula is C18H17BrN2O2. The van der Waals surface area contributed by atoms with Gasteiger partial charge in [-0.1, -0.05) is 28.1 Å². The van der Waals surface area contributed by atoms with Gasteiger partial charge in [0.15, 0.2) is 0 Å². The standard InChI is InChI=1S/C18H17BrN2O2/c1-12-3-2-4-15(9-12)20-17(22)11-21-16-7-6-14(19)10-13(16)5-8-18(21)23/h2-4,6-7,9-10H,5,8,11H2,1H3,(H,20,22). The summed E-state index contributed by atoms with van der Waals surface area (Å²) in [5.41, 5.74) is 3.73. The Morgan fingerprint density at radius 3 is 2.83 bits per heavy atom. The van der Waals surface area contributed by atoms with Crippen LogP contribution in [0.5, 0.6) is 0 Å². The average Bonchev–Trinajstić information content (AvgIpc) is 2.50. The Balaban J connectivity index is 1.77. The van der Waals surface area contributed by atoms with Crippen molar-refractivity contribution >= 4 is 39.1 Å². The highest BCUT2D eigenvalue weighted by Gasteiger charge is 2.26. The molecule has 0 unspecified atom stereocenters. The molecule has 118 valence electrons. The number of rotatable bonds is 3. The fourth-order valence-electron chi connectivity index (χ4n) is 2.77. The SMILES string of the molecule is Cc1cccc(NC(=O)CN2C(=O)CCc3cc(Br)ccc32)c1. The van der Waals surface area contributed by atoms with E-state index in [2.05, 4.69) is 21.2 Å². The van der Waals surface area contributed by atoms with Crippen molar-refractivity contribution in [3.8, 4) is 0 Å². The molecule has 0 saturated heterocycles. The molecule has 0 aromatic heterocycles. The number of aryl methyl sites for hydroxylation is 2. The van der Waals surface area contributed by atoms with Crippen LogP contribution in [0.4, 0.5) is 11.4 Å².